The first-order chi connectivity index (χ1) is 10.5. The van der Waals surface area contributed by atoms with Crippen LogP contribution in [0.4, 0.5) is 0 Å². The third-order valence-corrected chi connectivity index (χ3v) is 4.55. The molecule has 1 fully saturated rings. The Bertz CT molecular complexity index is 518. The van der Waals surface area contributed by atoms with Gasteiger partial charge in [0.2, 0.25) is 0 Å². The first kappa shape index (κ1) is 17.2. The predicted octanol–water partition coefficient (Wildman–Crippen LogP) is 1.61. The molecule has 6 heteroatoms. The lowest BCUT2D eigenvalue weighted by Gasteiger charge is -2.35. The van der Waals surface area contributed by atoms with Crippen LogP contribution in [-0.4, -0.2) is 67.2 Å². The monoisotopic (exact) mass is 325 g/mol. The summed E-state index contributed by atoms with van der Waals surface area (Å²) in [4.78, 5) is 15.3. The number of aryl methyl sites for hydroxylation is 1. The fraction of sp³-hybridized carbons (Fsp3) is 0.562. The molecule has 0 bridgehead atoms. The van der Waals surface area contributed by atoms with E-state index in [1.54, 1.807) is 0 Å². The van der Waals surface area contributed by atoms with E-state index >= 15 is 0 Å². The highest BCUT2D eigenvalue weighted by Gasteiger charge is 2.23. The summed E-state index contributed by atoms with van der Waals surface area (Å²) >= 11 is 6.11. The Morgan fingerprint density at radius 3 is 2.73 bits per heavy atom. The molecule has 0 amide bonds. The highest BCUT2D eigenvalue weighted by Crippen LogP contribution is 2.25. The van der Waals surface area contributed by atoms with Gasteiger partial charge in [0.15, 0.2) is 0 Å². The Kier molecular flexibility index (Phi) is 6.20. The zero-order valence-corrected chi connectivity index (χ0v) is 13.9. The number of piperazine rings is 1. The number of aliphatic carboxylic acids is 1. The predicted molar refractivity (Wildman–Crippen MR) is 88.5 cm³/mol. The first-order valence-electron chi connectivity index (χ1n) is 7.58. The van der Waals surface area contributed by atoms with Gasteiger partial charge in [0, 0.05) is 43.8 Å². The number of likely N-dealkylation sites (N-methyl/N-ethyl adjacent to an activating group) is 1. The van der Waals surface area contributed by atoms with E-state index < -0.39 is 5.97 Å². The second-order valence-corrected chi connectivity index (χ2v) is 6.29. The number of carbonyl (C=O) groups is 1. The minimum atomic E-state index is -0.807. The van der Waals surface area contributed by atoms with Crippen molar-refractivity contribution in [3.8, 4) is 0 Å². The molecule has 0 spiro atoms. The molecule has 2 N–H and O–H groups in total. The average molecular weight is 326 g/mol. The van der Waals surface area contributed by atoms with Gasteiger partial charge >= 0.3 is 5.97 Å². The number of rotatable bonds is 6. The van der Waals surface area contributed by atoms with Crippen LogP contribution in [0.25, 0.3) is 0 Å². The van der Waals surface area contributed by atoms with Crippen molar-refractivity contribution < 1.29 is 9.90 Å². The number of hydrogen-bond donors (Lipinski definition) is 2. The van der Waals surface area contributed by atoms with E-state index in [0.29, 0.717) is 0 Å². The van der Waals surface area contributed by atoms with Crippen molar-refractivity contribution in [1.29, 1.82) is 0 Å². The summed E-state index contributed by atoms with van der Waals surface area (Å²) in [5.74, 6) is -0.807. The molecule has 1 aliphatic heterocycles. The molecule has 1 heterocycles. The Balaban J connectivity index is 2.18. The number of halogens is 1. The van der Waals surface area contributed by atoms with Gasteiger partial charge in [-0.15, -0.1) is 0 Å². The molecule has 1 aromatic carbocycles. The number of hydrogen-bond acceptors (Lipinski definition) is 4. The molecule has 122 valence electrons. The van der Waals surface area contributed by atoms with Crippen LogP contribution in [0.3, 0.4) is 0 Å². The first-order valence-corrected chi connectivity index (χ1v) is 7.96. The van der Waals surface area contributed by atoms with Gasteiger partial charge in [-0.3, -0.25) is 14.6 Å². The molecule has 1 atom stereocenters. The van der Waals surface area contributed by atoms with Gasteiger partial charge in [0.1, 0.15) is 0 Å². The number of nitrogens with zero attached hydrogens (tertiary/aromatic N) is 2. The normalized spacial score (nSPS) is 17.6. The van der Waals surface area contributed by atoms with E-state index in [1.165, 1.54) is 0 Å². The van der Waals surface area contributed by atoms with Crippen molar-refractivity contribution in [2.45, 2.75) is 13.0 Å². The fourth-order valence-corrected chi connectivity index (χ4v) is 2.95. The molecule has 0 aliphatic carbocycles. The van der Waals surface area contributed by atoms with Crippen molar-refractivity contribution in [2.24, 2.45) is 0 Å². The highest BCUT2D eigenvalue weighted by atomic mass is 35.5. The molecule has 0 aromatic heterocycles. The van der Waals surface area contributed by atoms with E-state index in [-0.39, 0.29) is 12.6 Å². The van der Waals surface area contributed by atoms with Crippen molar-refractivity contribution in [3.63, 3.8) is 0 Å². The molecule has 0 radical (unpaired) electrons. The average Bonchev–Trinajstić information content (AvgIpc) is 2.48. The topological polar surface area (TPSA) is 55.8 Å². The zero-order valence-electron chi connectivity index (χ0n) is 13.2. The van der Waals surface area contributed by atoms with Crippen LogP contribution in [0.1, 0.15) is 17.2 Å². The summed E-state index contributed by atoms with van der Waals surface area (Å²) in [5, 5.41) is 13.2. The maximum absolute atomic E-state index is 11.1. The van der Waals surface area contributed by atoms with Crippen LogP contribution in [0.15, 0.2) is 18.2 Å². The van der Waals surface area contributed by atoms with Crippen molar-refractivity contribution in [1.82, 2.24) is 15.1 Å². The van der Waals surface area contributed by atoms with Gasteiger partial charge in [-0.1, -0.05) is 23.7 Å². The molecule has 5 nitrogen and oxygen atoms in total. The van der Waals surface area contributed by atoms with E-state index in [0.717, 1.165) is 48.9 Å². The van der Waals surface area contributed by atoms with Gasteiger partial charge in [0.25, 0.3) is 0 Å². The Labute approximate surface area is 136 Å². The Hall–Kier alpha value is -1.14. The maximum Gasteiger partial charge on any atom is 0.317 e. The molecule has 2 rings (SSSR count). The lowest BCUT2D eigenvalue weighted by atomic mass is 10.0. The lowest BCUT2D eigenvalue weighted by Crippen LogP contribution is -2.47. The molecule has 1 unspecified atom stereocenters. The van der Waals surface area contributed by atoms with Gasteiger partial charge in [0.05, 0.1) is 6.54 Å². The van der Waals surface area contributed by atoms with Crippen LogP contribution in [0.5, 0.6) is 0 Å². The molecule has 22 heavy (non-hydrogen) atoms. The van der Waals surface area contributed by atoms with Crippen molar-refractivity contribution >= 4 is 17.6 Å². The second kappa shape index (κ2) is 7.92. The van der Waals surface area contributed by atoms with E-state index in [9.17, 15) is 4.79 Å². The number of carboxylic acids is 1. The minimum absolute atomic E-state index is 0.0262. The van der Waals surface area contributed by atoms with Gasteiger partial charge in [-0.2, -0.15) is 0 Å². The maximum atomic E-state index is 11.1. The molecular weight excluding hydrogens is 302 g/mol. The summed E-state index contributed by atoms with van der Waals surface area (Å²) < 4.78 is 0. The van der Waals surface area contributed by atoms with Crippen molar-refractivity contribution in [2.75, 3.05) is 46.3 Å². The second-order valence-electron chi connectivity index (χ2n) is 5.88. The summed E-state index contributed by atoms with van der Waals surface area (Å²) in [7, 11) is 1.87. The van der Waals surface area contributed by atoms with E-state index in [4.69, 9.17) is 16.7 Å². The van der Waals surface area contributed by atoms with Crippen molar-refractivity contribution in [3.05, 3.63) is 34.3 Å². The summed E-state index contributed by atoms with van der Waals surface area (Å²) in [6, 6.07) is 6.00. The fourth-order valence-electron chi connectivity index (χ4n) is 2.84. The summed E-state index contributed by atoms with van der Waals surface area (Å²) in [5.41, 5.74) is 2.14. The SMILES string of the molecule is Cc1cc(C(CN2CCNCC2)N(C)CC(=O)O)ccc1Cl. The van der Waals surface area contributed by atoms with Crippen LogP contribution in [0, 0.1) is 6.92 Å². The van der Waals surface area contributed by atoms with Crippen LogP contribution in [0.2, 0.25) is 5.02 Å². The van der Waals surface area contributed by atoms with Gasteiger partial charge in [-0.25, -0.2) is 0 Å². The number of benzene rings is 1. The van der Waals surface area contributed by atoms with Gasteiger partial charge in [-0.05, 0) is 31.2 Å². The Morgan fingerprint density at radius 1 is 1.45 bits per heavy atom. The largest absolute Gasteiger partial charge is 0.480 e. The molecule has 1 aliphatic rings. The quantitative estimate of drug-likeness (QED) is 0.832. The standard InChI is InChI=1S/C16H24ClN3O2/c1-12-9-13(3-4-14(12)17)15(19(2)11-16(21)22)10-20-7-5-18-6-8-20/h3-4,9,15,18H,5-8,10-11H2,1-2H3,(H,21,22). The Morgan fingerprint density at radius 2 is 2.14 bits per heavy atom. The smallest absolute Gasteiger partial charge is 0.317 e. The van der Waals surface area contributed by atoms with Gasteiger partial charge < -0.3 is 10.4 Å². The number of carboxylic acid groups (broad SMARTS) is 1. The number of nitrogens with one attached hydrogen (secondary N) is 1. The zero-order chi connectivity index (χ0) is 16.1. The van der Waals surface area contributed by atoms with E-state index in [2.05, 4.69) is 16.3 Å². The summed E-state index contributed by atoms with van der Waals surface area (Å²) in [6.45, 7) is 6.77. The third kappa shape index (κ3) is 4.68. The third-order valence-electron chi connectivity index (χ3n) is 4.12. The molecule has 0 saturated carbocycles. The molecule has 1 saturated heterocycles. The molecular formula is C16H24ClN3O2. The van der Waals surface area contributed by atoms with Crippen LogP contribution < -0.4 is 5.32 Å². The summed E-state index contributed by atoms with van der Waals surface area (Å²) in [6.07, 6.45) is 0. The minimum Gasteiger partial charge on any atom is -0.480 e. The van der Waals surface area contributed by atoms with Crippen LogP contribution >= 0.6 is 11.6 Å². The lowest BCUT2D eigenvalue weighted by molar-refractivity contribution is -0.138. The van der Waals surface area contributed by atoms with Crippen LogP contribution in [-0.2, 0) is 4.79 Å². The highest BCUT2D eigenvalue weighted by molar-refractivity contribution is 6.31. The van der Waals surface area contributed by atoms with E-state index in [1.807, 2.05) is 31.0 Å². The molecule has 1 aromatic rings.